The molecule has 0 atom stereocenters. The number of rotatable bonds is 9. The highest BCUT2D eigenvalue weighted by molar-refractivity contribution is 8.18. The molecule has 174 valence electrons. The number of hydrogen-bond acceptors (Lipinski definition) is 9. The molecule has 2 N–H and O–H groups in total. The molecule has 3 heterocycles. The number of nitrogens with zero attached hydrogens (tertiary/aromatic N) is 3. The maximum Gasteiger partial charge on any atom is 0.343 e. The van der Waals surface area contributed by atoms with Crippen LogP contribution in [0.15, 0.2) is 33.1 Å². The summed E-state index contributed by atoms with van der Waals surface area (Å²) < 4.78 is 12.1. The first-order valence-electron chi connectivity index (χ1n) is 10.2. The Morgan fingerprint density at radius 2 is 2.09 bits per heavy atom. The minimum Gasteiger partial charge on any atom is -0.454 e. The summed E-state index contributed by atoms with van der Waals surface area (Å²) in [6, 6.07) is 5.27. The molecule has 0 spiro atoms. The highest BCUT2D eigenvalue weighted by Crippen LogP contribution is 2.36. The standard InChI is InChI=1S/C20H21N5O6S2/c1-2-6-25-18(28)22-23-19(25)32-10-16(26)21-5-7-24-17(27)15(33-20(24)29)9-12-3-4-13-14(8-12)31-11-30-13/h3-4,8-9H,2,5-7,10-11H2,1H3,(H,21,26)(H,22,28)/b15-9+. The number of benzene rings is 1. The number of nitrogens with one attached hydrogen (secondary N) is 2. The van der Waals surface area contributed by atoms with Gasteiger partial charge in [-0.05, 0) is 42.0 Å². The van der Waals surface area contributed by atoms with E-state index in [1.54, 1.807) is 24.3 Å². The van der Waals surface area contributed by atoms with E-state index in [0.29, 0.717) is 28.1 Å². The first-order valence-corrected chi connectivity index (χ1v) is 12.0. The molecule has 11 nitrogen and oxygen atoms in total. The first-order chi connectivity index (χ1) is 16.0. The number of amides is 3. The van der Waals surface area contributed by atoms with Crippen molar-refractivity contribution in [2.24, 2.45) is 0 Å². The van der Waals surface area contributed by atoms with E-state index in [1.807, 2.05) is 6.92 Å². The molecule has 1 fully saturated rings. The van der Waals surface area contributed by atoms with Gasteiger partial charge < -0.3 is 14.8 Å². The first kappa shape index (κ1) is 23.0. The van der Waals surface area contributed by atoms with Crippen molar-refractivity contribution in [1.29, 1.82) is 0 Å². The van der Waals surface area contributed by atoms with E-state index >= 15 is 0 Å². The fraction of sp³-hybridized carbons (Fsp3) is 0.350. The lowest BCUT2D eigenvalue weighted by atomic mass is 10.2. The third-order valence-electron chi connectivity index (χ3n) is 4.73. The Bertz CT molecular complexity index is 1170. The number of imide groups is 1. The number of aromatic nitrogens is 3. The van der Waals surface area contributed by atoms with Gasteiger partial charge in [0.25, 0.3) is 11.1 Å². The van der Waals surface area contributed by atoms with Crippen molar-refractivity contribution in [3.63, 3.8) is 0 Å². The quantitative estimate of drug-likeness (QED) is 0.396. The lowest BCUT2D eigenvalue weighted by Gasteiger charge is -2.13. The molecular formula is C20H21N5O6S2. The van der Waals surface area contributed by atoms with Gasteiger partial charge in [-0.15, -0.1) is 5.10 Å². The molecule has 1 aromatic heterocycles. The average Bonchev–Trinajstić information content (AvgIpc) is 3.47. The van der Waals surface area contributed by atoms with Crippen LogP contribution in [0, 0.1) is 0 Å². The van der Waals surface area contributed by atoms with Crippen molar-refractivity contribution in [2.45, 2.75) is 25.0 Å². The van der Waals surface area contributed by atoms with Crippen molar-refractivity contribution in [2.75, 3.05) is 25.6 Å². The van der Waals surface area contributed by atoms with Gasteiger partial charge in [0.15, 0.2) is 16.7 Å². The average molecular weight is 492 g/mol. The number of carbonyl (C=O) groups excluding carboxylic acids is 3. The largest absolute Gasteiger partial charge is 0.454 e. The molecule has 3 amide bonds. The van der Waals surface area contributed by atoms with Gasteiger partial charge in [0, 0.05) is 19.6 Å². The van der Waals surface area contributed by atoms with Crippen molar-refractivity contribution in [3.05, 3.63) is 39.2 Å². The molecule has 0 saturated carbocycles. The minimum absolute atomic E-state index is 0.0555. The van der Waals surface area contributed by atoms with Crippen molar-refractivity contribution < 1.29 is 23.9 Å². The second-order valence-corrected chi connectivity index (χ2v) is 8.98. The van der Waals surface area contributed by atoms with Crippen LogP contribution in [0.1, 0.15) is 18.9 Å². The van der Waals surface area contributed by atoms with E-state index < -0.39 is 11.1 Å². The summed E-state index contributed by atoms with van der Waals surface area (Å²) in [5, 5.41) is 9.02. The highest BCUT2D eigenvalue weighted by Gasteiger charge is 2.34. The van der Waals surface area contributed by atoms with Gasteiger partial charge >= 0.3 is 5.69 Å². The third kappa shape index (κ3) is 5.25. The summed E-state index contributed by atoms with van der Waals surface area (Å²) in [6.07, 6.45) is 2.39. The Hall–Kier alpha value is -3.19. The summed E-state index contributed by atoms with van der Waals surface area (Å²) >= 11 is 1.99. The Balaban J connectivity index is 1.27. The molecule has 0 bridgehead atoms. The molecule has 13 heteroatoms. The Morgan fingerprint density at radius 3 is 2.91 bits per heavy atom. The van der Waals surface area contributed by atoms with Crippen LogP contribution in [-0.2, 0) is 16.1 Å². The summed E-state index contributed by atoms with van der Waals surface area (Å²) in [7, 11) is 0. The van der Waals surface area contributed by atoms with Gasteiger partial charge in [0.1, 0.15) is 0 Å². The van der Waals surface area contributed by atoms with E-state index in [1.165, 1.54) is 4.57 Å². The predicted molar refractivity (Wildman–Crippen MR) is 122 cm³/mol. The SMILES string of the molecule is CCCn1c(SCC(=O)NCCN2C(=O)S/C(=C/c3ccc4c(c3)OCO4)C2=O)n[nH]c1=O. The van der Waals surface area contributed by atoms with E-state index in [9.17, 15) is 19.2 Å². The maximum atomic E-state index is 12.6. The molecule has 1 aromatic carbocycles. The highest BCUT2D eigenvalue weighted by atomic mass is 32.2. The number of H-pyrrole nitrogens is 1. The van der Waals surface area contributed by atoms with E-state index in [2.05, 4.69) is 15.5 Å². The second-order valence-electron chi connectivity index (χ2n) is 7.05. The molecule has 0 radical (unpaired) electrons. The molecule has 4 rings (SSSR count). The van der Waals surface area contributed by atoms with Crippen molar-refractivity contribution >= 4 is 46.7 Å². The van der Waals surface area contributed by atoms with Gasteiger partial charge in [-0.25, -0.2) is 9.89 Å². The molecule has 1 saturated heterocycles. The van der Waals surface area contributed by atoms with Crippen LogP contribution in [-0.4, -0.2) is 62.4 Å². The van der Waals surface area contributed by atoms with Gasteiger partial charge in [-0.3, -0.25) is 23.9 Å². The smallest absolute Gasteiger partial charge is 0.343 e. The summed E-state index contributed by atoms with van der Waals surface area (Å²) in [4.78, 5) is 50.2. The van der Waals surface area contributed by atoms with Crippen LogP contribution >= 0.6 is 23.5 Å². The van der Waals surface area contributed by atoms with Crippen LogP contribution in [0.25, 0.3) is 6.08 Å². The molecule has 0 aliphatic carbocycles. The molecule has 2 aliphatic heterocycles. The Kier molecular flexibility index (Phi) is 7.08. The minimum atomic E-state index is -0.411. The van der Waals surface area contributed by atoms with Crippen molar-refractivity contribution in [1.82, 2.24) is 25.0 Å². The molecule has 0 unspecified atom stereocenters. The zero-order chi connectivity index (χ0) is 23.4. The number of ether oxygens (including phenoxy) is 2. The van der Waals surface area contributed by atoms with Crippen LogP contribution in [0.3, 0.4) is 0 Å². The zero-order valence-electron chi connectivity index (χ0n) is 17.7. The van der Waals surface area contributed by atoms with E-state index in [4.69, 9.17) is 9.47 Å². The van der Waals surface area contributed by atoms with Gasteiger partial charge in [-0.2, -0.15) is 0 Å². The molecule has 2 aromatic rings. The number of thioether (sulfide) groups is 2. The van der Waals surface area contributed by atoms with Gasteiger partial charge in [-0.1, -0.05) is 24.8 Å². The normalized spacial score (nSPS) is 16.2. The second kappa shape index (κ2) is 10.2. The maximum absolute atomic E-state index is 12.6. The summed E-state index contributed by atoms with van der Waals surface area (Å²) in [5.74, 6) is 0.577. The van der Waals surface area contributed by atoms with Gasteiger partial charge in [0.2, 0.25) is 12.7 Å². The van der Waals surface area contributed by atoms with Crippen LogP contribution in [0.4, 0.5) is 4.79 Å². The lowest BCUT2D eigenvalue weighted by Crippen LogP contribution is -2.37. The molecular weight excluding hydrogens is 470 g/mol. The number of carbonyl (C=O) groups is 3. The molecule has 2 aliphatic rings. The predicted octanol–water partition coefficient (Wildman–Crippen LogP) is 1.65. The third-order valence-corrected chi connectivity index (χ3v) is 6.61. The van der Waals surface area contributed by atoms with E-state index in [0.717, 1.165) is 40.4 Å². The fourth-order valence-electron chi connectivity index (χ4n) is 3.17. The van der Waals surface area contributed by atoms with Gasteiger partial charge in [0.05, 0.1) is 10.7 Å². The van der Waals surface area contributed by atoms with E-state index in [-0.39, 0.29) is 37.2 Å². The lowest BCUT2D eigenvalue weighted by molar-refractivity contribution is -0.123. The number of aromatic amines is 1. The zero-order valence-corrected chi connectivity index (χ0v) is 19.3. The Labute approximate surface area is 196 Å². The summed E-state index contributed by atoms with van der Waals surface area (Å²) in [6.45, 7) is 2.78. The topological polar surface area (TPSA) is 136 Å². The number of hydrogen-bond donors (Lipinski definition) is 2. The van der Waals surface area contributed by atoms with Crippen LogP contribution in [0.2, 0.25) is 0 Å². The molecule has 33 heavy (non-hydrogen) atoms. The van der Waals surface area contributed by atoms with Crippen molar-refractivity contribution in [3.8, 4) is 11.5 Å². The van der Waals surface area contributed by atoms with Crippen LogP contribution < -0.4 is 20.5 Å². The fourth-order valence-corrected chi connectivity index (χ4v) is 4.84. The summed E-state index contributed by atoms with van der Waals surface area (Å²) in [5.41, 5.74) is 0.405. The number of fused-ring (bicyclic) bond motifs is 1. The van der Waals surface area contributed by atoms with Crippen LogP contribution in [0.5, 0.6) is 11.5 Å². The Morgan fingerprint density at radius 1 is 1.27 bits per heavy atom. The monoisotopic (exact) mass is 491 g/mol.